The fourth-order valence-electron chi connectivity index (χ4n) is 4.72. The summed E-state index contributed by atoms with van der Waals surface area (Å²) in [5.41, 5.74) is 19.6. The minimum Gasteiger partial charge on any atom is -0.494 e. The summed E-state index contributed by atoms with van der Waals surface area (Å²) in [6.07, 6.45) is 11.0. The number of rotatable bonds is 9. The van der Waals surface area contributed by atoms with E-state index in [0.29, 0.717) is 17.5 Å². The van der Waals surface area contributed by atoms with Crippen molar-refractivity contribution in [3.63, 3.8) is 0 Å². The molecule has 2 heterocycles. The van der Waals surface area contributed by atoms with E-state index in [0.717, 1.165) is 56.3 Å². The van der Waals surface area contributed by atoms with Crippen LogP contribution in [0, 0.1) is 5.92 Å². The van der Waals surface area contributed by atoms with Crippen LogP contribution in [0.25, 0.3) is 11.1 Å². The van der Waals surface area contributed by atoms with Gasteiger partial charge >= 0.3 is 0 Å². The first-order valence-corrected chi connectivity index (χ1v) is 12.5. The van der Waals surface area contributed by atoms with Gasteiger partial charge < -0.3 is 37.3 Å². The number of carbonyl (C=O) groups is 2. The lowest BCUT2D eigenvalue weighted by molar-refractivity contribution is -0.121. The number of aromatic nitrogens is 2. The third kappa shape index (κ3) is 5.41. The van der Waals surface area contributed by atoms with Gasteiger partial charge in [-0.15, -0.1) is 0 Å². The van der Waals surface area contributed by atoms with Crippen LogP contribution in [0.1, 0.15) is 44.6 Å². The fourth-order valence-corrected chi connectivity index (χ4v) is 4.72. The molecule has 1 atom stereocenters. The maximum atomic E-state index is 12.1. The number of primary amides is 1. The monoisotopic (exact) mass is 507 g/mol. The first-order chi connectivity index (χ1) is 17.8. The van der Waals surface area contributed by atoms with Crippen LogP contribution < -0.4 is 32.6 Å². The molecule has 11 heteroatoms. The first-order valence-electron chi connectivity index (χ1n) is 12.5. The van der Waals surface area contributed by atoms with Crippen LogP contribution in [-0.4, -0.2) is 40.9 Å². The van der Waals surface area contributed by atoms with Gasteiger partial charge in [0.1, 0.15) is 17.3 Å². The molecule has 1 aromatic carbocycles. The number of nitrogens with one attached hydrogen (secondary N) is 2. The number of allylic oxidation sites excluding steroid dienone is 1. The molecule has 2 aliphatic carbocycles. The molecule has 3 fully saturated rings. The maximum absolute atomic E-state index is 12.1. The lowest BCUT2D eigenvalue weighted by Crippen LogP contribution is -2.30. The van der Waals surface area contributed by atoms with Crippen molar-refractivity contribution in [2.24, 2.45) is 23.1 Å². The second-order valence-electron chi connectivity index (χ2n) is 9.95. The van der Waals surface area contributed by atoms with Crippen molar-refractivity contribution < 1.29 is 19.1 Å². The molecule has 1 aliphatic heterocycles. The molecular formula is C26H33N7O4. The number of anilines is 1. The Hall–Kier alpha value is -3.99. The van der Waals surface area contributed by atoms with Gasteiger partial charge in [-0.05, 0) is 44.6 Å². The third-order valence-electron chi connectivity index (χ3n) is 7.12. The van der Waals surface area contributed by atoms with Crippen molar-refractivity contribution in [1.29, 1.82) is 0 Å². The number of benzene rings is 1. The number of hydrogen-bond donors (Lipinski definition) is 5. The highest BCUT2D eigenvalue weighted by Crippen LogP contribution is 2.49. The molecule has 5 rings (SSSR count). The standard InChI is InChI=1S/C26H33N7O4/c1-36-23-18(16-13-30-33(14-16)17-7-10-37-26(12-17)8-9-26)3-2-4-19(23)31-20(22(28)24(29)34)11-21(27)32-25(35)15-5-6-15/h2-4,11,13-15,17,31H,5-10,12,27-28H2,1H3,(H2,29,34)(H,32,35)/b21-11+,22-20+. The molecule has 2 aromatic rings. The molecule has 1 unspecified atom stereocenters. The normalized spacial score (nSPS) is 21.2. The fraction of sp³-hybridized carbons (Fsp3) is 0.423. The van der Waals surface area contributed by atoms with Crippen LogP contribution in [0.4, 0.5) is 5.69 Å². The summed E-state index contributed by atoms with van der Waals surface area (Å²) in [5, 5.41) is 10.4. The Morgan fingerprint density at radius 1 is 1.22 bits per heavy atom. The minimum atomic E-state index is -0.832. The lowest BCUT2D eigenvalue weighted by atomic mass is 10.0. The van der Waals surface area contributed by atoms with E-state index in [1.54, 1.807) is 13.2 Å². The van der Waals surface area contributed by atoms with E-state index < -0.39 is 5.91 Å². The van der Waals surface area contributed by atoms with Crippen LogP contribution in [0.5, 0.6) is 5.75 Å². The topological polar surface area (TPSA) is 173 Å². The number of nitrogens with two attached hydrogens (primary N) is 3. The molecule has 8 N–H and O–H groups in total. The van der Waals surface area contributed by atoms with Crippen molar-refractivity contribution in [2.75, 3.05) is 19.0 Å². The predicted octanol–water partition coefficient (Wildman–Crippen LogP) is 1.84. The summed E-state index contributed by atoms with van der Waals surface area (Å²) in [6, 6.07) is 5.86. The minimum absolute atomic E-state index is 0.0329. The Morgan fingerprint density at radius 2 is 2.00 bits per heavy atom. The third-order valence-corrected chi connectivity index (χ3v) is 7.12. The Kier molecular flexibility index (Phi) is 6.55. The molecule has 1 aromatic heterocycles. The zero-order valence-electron chi connectivity index (χ0n) is 20.8. The highest BCUT2D eigenvalue weighted by atomic mass is 16.5. The largest absolute Gasteiger partial charge is 0.494 e. The predicted molar refractivity (Wildman–Crippen MR) is 138 cm³/mol. The summed E-state index contributed by atoms with van der Waals surface area (Å²) >= 11 is 0. The highest BCUT2D eigenvalue weighted by molar-refractivity contribution is 5.93. The SMILES string of the molecule is COc1c(NC(/C=C(\N)NC(=O)C2CC2)=C(/N)C(N)=O)cccc1-c1cnn(C2CCOC3(CC3)C2)c1. The molecule has 3 aliphatic rings. The molecule has 11 nitrogen and oxygen atoms in total. The number of amides is 2. The van der Waals surface area contributed by atoms with Crippen molar-refractivity contribution in [3.8, 4) is 16.9 Å². The van der Waals surface area contributed by atoms with Crippen molar-refractivity contribution in [1.82, 2.24) is 15.1 Å². The summed E-state index contributed by atoms with van der Waals surface area (Å²) in [7, 11) is 1.56. The van der Waals surface area contributed by atoms with Gasteiger partial charge in [-0.25, -0.2) is 0 Å². The van der Waals surface area contributed by atoms with Gasteiger partial charge in [0.25, 0.3) is 5.91 Å². The van der Waals surface area contributed by atoms with Crippen LogP contribution in [-0.2, 0) is 14.3 Å². The molecule has 0 bridgehead atoms. The summed E-state index contributed by atoms with van der Waals surface area (Å²) in [4.78, 5) is 24.0. The number of para-hydroxylation sites is 1. The molecule has 1 saturated heterocycles. The van der Waals surface area contributed by atoms with Gasteiger partial charge in [0, 0.05) is 35.9 Å². The Morgan fingerprint density at radius 3 is 2.68 bits per heavy atom. The molecular weight excluding hydrogens is 474 g/mol. The summed E-state index contributed by atoms with van der Waals surface area (Å²) in [5.74, 6) is -0.461. The quantitative estimate of drug-likeness (QED) is 0.253. The van der Waals surface area contributed by atoms with Crippen LogP contribution in [0.3, 0.4) is 0 Å². The Bertz CT molecular complexity index is 1270. The summed E-state index contributed by atoms with van der Waals surface area (Å²) < 4.78 is 13.7. The van der Waals surface area contributed by atoms with E-state index in [1.807, 2.05) is 29.2 Å². The number of hydrogen-bond acceptors (Lipinski definition) is 8. The second kappa shape index (κ2) is 9.81. The van der Waals surface area contributed by atoms with Crippen LogP contribution in [0.2, 0.25) is 0 Å². The van der Waals surface area contributed by atoms with Gasteiger partial charge in [0.05, 0.1) is 36.3 Å². The zero-order chi connectivity index (χ0) is 26.2. The smallest absolute Gasteiger partial charge is 0.266 e. The van der Waals surface area contributed by atoms with Gasteiger partial charge in [0.2, 0.25) is 5.91 Å². The molecule has 196 valence electrons. The maximum Gasteiger partial charge on any atom is 0.266 e. The van der Waals surface area contributed by atoms with Crippen LogP contribution >= 0.6 is 0 Å². The van der Waals surface area contributed by atoms with E-state index in [1.165, 1.54) is 6.08 Å². The lowest BCUT2D eigenvalue weighted by Gasteiger charge is -2.29. The number of ether oxygens (including phenoxy) is 2. The average molecular weight is 508 g/mol. The van der Waals surface area contributed by atoms with Gasteiger partial charge in [-0.2, -0.15) is 5.10 Å². The van der Waals surface area contributed by atoms with E-state index in [2.05, 4.69) is 15.7 Å². The van der Waals surface area contributed by atoms with E-state index >= 15 is 0 Å². The second-order valence-corrected chi connectivity index (χ2v) is 9.95. The molecule has 2 saturated carbocycles. The first kappa shape index (κ1) is 24.7. The number of carbonyl (C=O) groups excluding carboxylic acids is 2. The molecule has 1 spiro atoms. The number of nitrogens with zero attached hydrogens (tertiary/aromatic N) is 2. The average Bonchev–Trinajstić information content (AvgIpc) is 3.81. The zero-order valence-corrected chi connectivity index (χ0v) is 20.8. The van der Waals surface area contributed by atoms with Gasteiger partial charge in [0.15, 0.2) is 0 Å². The van der Waals surface area contributed by atoms with E-state index in [4.69, 9.17) is 26.7 Å². The molecule has 37 heavy (non-hydrogen) atoms. The van der Waals surface area contributed by atoms with E-state index in [-0.39, 0.29) is 34.6 Å². The molecule has 2 amide bonds. The molecule has 0 radical (unpaired) electrons. The van der Waals surface area contributed by atoms with Crippen molar-refractivity contribution in [2.45, 2.75) is 50.2 Å². The summed E-state index contributed by atoms with van der Waals surface area (Å²) in [6.45, 7) is 0.747. The highest BCUT2D eigenvalue weighted by Gasteiger charge is 2.48. The van der Waals surface area contributed by atoms with E-state index in [9.17, 15) is 9.59 Å². The van der Waals surface area contributed by atoms with Crippen molar-refractivity contribution in [3.05, 3.63) is 53.9 Å². The van der Waals surface area contributed by atoms with Crippen molar-refractivity contribution >= 4 is 17.5 Å². The Labute approximate surface area is 215 Å². The van der Waals surface area contributed by atoms with Gasteiger partial charge in [-0.1, -0.05) is 12.1 Å². The van der Waals surface area contributed by atoms with Crippen LogP contribution in [0.15, 0.2) is 53.9 Å². The number of methoxy groups -OCH3 is 1. The van der Waals surface area contributed by atoms with Gasteiger partial charge in [-0.3, -0.25) is 14.3 Å². The Balaban J connectivity index is 1.41.